The second-order valence-corrected chi connectivity index (χ2v) is 8.45. The predicted molar refractivity (Wildman–Crippen MR) is 130 cm³/mol. The van der Waals surface area contributed by atoms with Gasteiger partial charge in [-0.2, -0.15) is 0 Å². The number of halogens is 1. The molecule has 3 heterocycles. The van der Waals surface area contributed by atoms with Crippen molar-refractivity contribution in [2.75, 3.05) is 23.3 Å². The van der Waals surface area contributed by atoms with Gasteiger partial charge in [0.05, 0.1) is 5.92 Å². The topological polar surface area (TPSA) is 75.9 Å². The minimum atomic E-state index is -0.116. The van der Waals surface area contributed by atoms with Crippen LogP contribution in [0.3, 0.4) is 0 Å². The molecular formula is C25H23ClN6O. The number of aromatic nitrogens is 4. The van der Waals surface area contributed by atoms with Crippen LogP contribution in [0, 0.1) is 5.92 Å². The fourth-order valence-corrected chi connectivity index (χ4v) is 4.21. The van der Waals surface area contributed by atoms with Crippen molar-refractivity contribution >= 4 is 29.0 Å². The van der Waals surface area contributed by atoms with Gasteiger partial charge >= 0.3 is 0 Å². The van der Waals surface area contributed by atoms with Crippen LogP contribution in [0.15, 0.2) is 79.1 Å². The first-order valence-corrected chi connectivity index (χ1v) is 11.3. The van der Waals surface area contributed by atoms with Crippen LogP contribution < -0.4 is 10.2 Å². The molecule has 1 amide bonds. The van der Waals surface area contributed by atoms with E-state index in [4.69, 9.17) is 11.6 Å². The molecule has 2 aromatic heterocycles. The Hall–Kier alpha value is -3.71. The SMILES string of the molecule is O=C(Nc1ccc(Cl)cc1)C1CCCN(c2ccc(-n3ccnc3-c3ccccc3)nn2)C1. The molecule has 1 aliphatic heterocycles. The zero-order valence-electron chi connectivity index (χ0n) is 17.9. The number of rotatable bonds is 5. The summed E-state index contributed by atoms with van der Waals surface area (Å²) in [4.78, 5) is 19.4. The minimum Gasteiger partial charge on any atom is -0.354 e. The Labute approximate surface area is 197 Å². The average Bonchev–Trinajstić information content (AvgIpc) is 3.36. The van der Waals surface area contributed by atoms with Crippen LogP contribution in [0.25, 0.3) is 17.2 Å². The molecule has 0 saturated carbocycles. The van der Waals surface area contributed by atoms with E-state index in [1.54, 1.807) is 18.3 Å². The number of piperidine rings is 1. The van der Waals surface area contributed by atoms with Crippen LogP contribution >= 0.6 is 11.6 Å². The molecule has 0 radical (unpaired) electrons. The highest BCUT2D eigenvalue weighted by atomic mass is 35.5. The van der Waals surface area contributed by atoms with Gasteiger partial charge in [0.25, 0.3) is 0 Å². The first kappa shape index (κ1) is 21.2. The third-order valence-corrected chi connectivity index (χ3v) is 6.04. The zero-order chi connectivity index (χ0) is 22.6. The zero-order valence-corrected chi connectivity index (χ0v) is 18.7. The fraction of sp³-hybridized carbons (Fsp3) is 0.200. The summed E-state index contributed by atoms with van der Waals surface area (Å²) in [5.41, 5.74) is 1.76. The van der Waals surface area contributed by atoms with Crippen molar-refractivity contribution in [1.82, 2.24) is 19.7 Å². The smallest absolute Gasteiger partial charge is 0.229 e. The number of nitrogens with one attached hydrogen (secondary N) is 1. The van der Waals surface area contributed by atoms with Gasteiger partial charge in [-0.15, -0.1) is 10.2 Å². The Morgan fingerprint density at radius 2 is 1.73 bits per heavy atom. The normalized spacial score (nSPS) is 15.9. The van der Waals surface area contributed by atoms with Gasteiger partial charge in [0, 0.05) is 41.8 Å². The van der Waals surface area contributed by atoms with Gasteiger partial charge < -0.3 is 10.2 Å². The van der Waals surface area contributed by atoms with Crippen LogP contribution in [-0.4, -0.2) is 38.7 Å². The Bertz CT molecular complexity index is 1220. The van der Waals surface area contributed by atoms with E-state index in [9.17, 15) is 4.79 Å². The quantitative estimate of drug-likeness (QED) is 0.463. The third-order valence-electron chi connectivity index (χ3n) is 5.78. The first-order valence-electron chi connectivity index (χ1n) is 10.9. The van der Waals surface area contributed by atoms with Gasteiger partial charge in [0.2, 0.25) is 5.91 Å². The Morgan fingerprint density at radius 3 is 2.48 bits per heavy atom. The molecule has 1 saturated heterocycles. The van der Waals surface area contributed by atoms with Crippen LogP contribution in [0.2, 0.25) is 5.02 Å². The molecule has 4 aromatic rings. The molecule has 7 nitrogen and oxygen atoms in total. The van der Waals surface area contributed by atoms with E-state index in [1.165, 1.54) is 0 Å². The van der Waals surface area contributed by atoms with Crippen molar-refractivity contribution < 1.29 is 4.79 Å². The van der Waals surface area contributed by atoms with Crippen LogP contribution in [0.5, 0.6) is 0 Å². The predicted octanol–water partition coefficient (Wildman–Crippen LogP) is 4.84. The molecule has 2 aromatic carbocycles. The minimum absolute atomic E-state index is 0.0116. The van der Waals surface area contributed by atoms with Crippen LogP contribution in [0.4, 0.5) is 11.5 Å². The molecule has 1 N–H and O–H groups in total. The number of carbonyl (C=O) groups is 1. The number of benzene rings is 2. The fourth-order valence-electron chi connectivity index (χ4n) is 4.08. The van der Waals surface area contributed by atoms with Gasteiger partial charge in [0.1, 0.15) is 5.82 Å². The molecule has 1 unspecified atom stereocenters. The Balaban J connectivity index is 1.28. The molecule has 8 heteroatoms. The number of amides is 1. The summed E-state index contributed by atoms with van der Waals surface area (Å²) < 4.78 is 1.92. The lowest BCUT2D eigenvalue weighted by molar-refractivity contribution is -0.120. The maximum absolute atomic E-state index is 12.8. The van der Waals surface area contributed by atoms with Crippen LogP contribution in [-0.2, 0) is 4.79 Å². The lowest BCUT2D eigenvalue weighted by Gasteiger charge is -2.32. The van der Waals surface area contributed by atoms with E-state index < -0.39 is 0 Å². The highest BCUT2D eigenvalue weighted by Crippen LogP contribution is 2.25. The standard InChI is InChI=1S/C25H23ClN6O/c26-20-8-10-21(11-9-20)28-25(33)19-7-4-15-31(17-19)22-12-13-23(30-29-22)32-16-14-27-24(32)18-5-2-1-3-6-18/h1-3,5-6,8-14,16,19H,4,7,15,17H2,(H,28,33). The summed E-state index contributed by atoms with van der Waals surface area (Å²) >= 11 is 5.93. The van der Waals surface area contributed by atoms with E-state index in [1.807, 2.05) is 65.4 Å². The lowest BCUT2D eigenvalue weighted by atomic mass is 9.97. The lowest BCUT2D eigenvalue weighted by Crippen LogP contribution is -2.41. The van der Waals surface area contributed by atoms with Crippen molar-refractivity contribution in [3.8, 4) is 17.2 Å². The summed E-state index contributed by atoms with van der Waals surface area (Å²) in [5, 5.41) is 12.5. The highest BCUT2D eigenvalue weighted by Gasteiger charge is 2.27. The maximum atomic E-state index is 12.8. The number of nitrogens with zero attached hydrogens (tertiary/aromatic N) is 5. The second-order valence-electron chi connectivity index (χ2n) is 8.02. The number of anilines is 2. The second kappa shape index (κ2) is 9.42. The molecule has 0 bridgehead atoms. The van der Waals surface area contributed by atoms with Gasteiger partial charge in [-0.1, -0.05) is 41.9 Å². The van der Waals surface area contributed by atoms with E-state index in [-0.39, 0.29) is 11.8 Å². The van der Waals surface area contributed by atoms with E-state index in [0.717, 1.165) is 42.3 Å². The summed E-state index contributed by atoms with van der Waals surface area (Å²) in [5.74, 6) is 2.18. The number of carbonyl (C=O) groups excluding carboxylic acids is 1. The monoisotopic (exact) mass is 458 g/mol. The summed E-state index contributed by atoms with van der Waals surface area (Å²) in [6.45, 7) is 1.45. The van der Waals surface area contributed by atoms with Gasteiger partial charge in [-0.25, -0.2) is 4.98 Å². The number of hydrogen-bond acceptors (Lipinski definition) is 5. The summed E-state index contributed by atoms with van der Waals surface area (Å²) in [7, 11) is 0. The Morgan fingerprint density at radius 1 is 0.970 bits per heavy atom. The largest absolute Gasteiger partial charge is 0.354 e. The molecule has 33 heavy (non-hydrogen) atoms. The molecule has 1 atom stereocenters. The molecule has 5 rings (SSSR count). The molecule has 1 aliphatic rings. The average molecular weight is 459 g/mol. The van der Waals surface area contributed by atoms with Crippen molar-refractivity contribution in [2.24, 2.45) is 5.92 Å². The van der Waals surface area contributed by atoms with Crippen molar-refractivity contribution in [3.05, 3.63) is 84.1 Å². The van der Waals surface area contributed by atoms with Crippen molar-refractivity contribution in [3.63, 3.8) is 0 Å². The first-order chi connectivity index (χ1) is 16.2. The Kier molecular flexibility index (Phi) is 6.04. The summed E-state index contributed by atoms with van der Waals surface area (Å²) in [6.07, 6.45) is 5.40. The molecule has 1 fully saturated rings. The highest BCUT2D eigenvalue weighted by molar-refractivity contribution is 6.30. The van der Waals surface area contributed by atoms with Gasteiger partial charge in [0.15, 0.2) is 11.6 Å². The molecule has 0 aliphatic carbocycles. The van der Waals surface area contributed by atoms with E-state index in [0.29, 0.717) is 17.4 Å². The van der Waals surface area contributed by atoms with Gasteiger partial charge in [-0.05, 0) is 49.2 Å². The number of imidazole rings is 1. The van der Waals surface area contributed by atoms with Crippen molar-refractivity contribution in [1.29, 1.82) is 0 Å². The molecule has 166 valence electrons. The molecule has 0 spiro atoms. The van der Waals surface area contributed by atoms with Gasteiger partial charge in [-0.3, -0.25) is 9.36 Å². The van der Waals surface area contributed by atoms with Crippen molar-refractivity contribution in [2.45, 2.75) is 12.8 Å². The van der Waals surface area contributed by atoms with Crippen LogP contribution in [0.1, 0.15) is 12.8 Å². The van der Waals surface area contributed by atoms with E-state index in [2.05, 4.69) is 25.4 Å². The maximum Gasteiger partial charge on any atom is 0.229 e. The third kappa shape index (κ3) is 4.73. The summed E-state index contributed by atoms with van der Waals surface area (Å²) in [6, 6.07) is 21.0. The molecular weight excluding hydrogens is 436 g/mol. The van der Waals surface area contributed by atoms with E-state index >= 15 is 0 Å². The number of hydrogen-bond donors (Lipinski definition) is 1.